The standard InChI is InChI=1S/C20H27P/c1-19(2,3)15-7-11-17(12-8-15)21-18-13-9-16(10-14-18)20(4,5)6/h7-14,21H,1-6H3. The quantitative estimate of drug-likeness (QED) is 0.691. The zero-order valence-corrected chi connectivity index (χ0v) is 15.1. The predicted octanol–water partition coefficient (Wildman–Crippen LogP) is 4.91. The summed E-state index contributed by atoms with van der Waals surface area (Å²) in [6.07, 6.45) is 0. The fraction of sp³-hybridized carbons (Fsp3) is 0.400. The highest BCUT2D eigenvalue weighted by molar-refractivity contribution is 7.55. The molecular weight excluding hydrogens is 271 g/mol. The van der Waals surface area contributed by atoms with E-state index in [0.29, 0.717) is 0 Å². The molecule has 0 aliphatic heterocycles. The van der Waals surface area contributed by atoms with Gasteiger partial charge in [0.2, 0.25) is 0 Å². The molecule has 0 aliphatic rings. The van der Waals surface area contributed by atoms with Crippen molar-refractivity contribution in [3.8, 4) is 0 Å². The summed E-state index contributed by atoms with van der Waals surface area (Å²) in [6, 6.07) is 18.2. The van der Waals surface area contributed by atoms with Crippen LogP contribution < -0.4 is 10.6 Å². The predicted molar refractivity (Wildman–Crippen MR) is 97.9 cm³/mol. The molecule has 1 heteroatoms. The highest BCUT2D eigenvalue weighted by Gasteiger charge is 2.14. The Hall–Kier alpha value is -1.13. The number of hydrogen-bond acceptors (Lipinski definition) is 0. The minimum Gasteiger partial charge on any atom is -0.0591 e. The van der Waals surface area contributed by atoms with E-state index in [1.807, 2.05) is 0 Å². The van der Waals surface area contributed by atoms with Crippen molar-refractivity contribution in [2.75, 3.05) is 0 Å². The SMILES string of the molecule is CC(C)(C)c1ccc(Pc2ccc(C(C)(C)C)cc2)cc1. The summed E-state index contributed by atoms with van der Waals surface area (Å²) in [7, 11) is 0.736. The Kier molecular flexibility index (Phi) is 4.59. The molecule has 2 rings (SSSR count). The zero-order chi connectivity index (χ0) is 15.7. The molecule has 0 atom stereocenters. The first-order valence-electron chi connectivity index (χ1n) is 7.64. The van der Waals surface area contributed by atoms with Crippen LogP contribution in [0.4, 0.5) is 0 Å². The van der Waals surface area contributed by atoms with E-state index in [9.17, 15) is 0 Å². The van der Waals surface area contributed by atoms with E-state index in [4.69, 9.17) is 0 Å². The van der Waals surface area contributed by atoms with E-state index in [1.54, 1.807) is 0 Å². The average molecular weight is 298 g/mol. The van der Waals surface area contributed by atoms with Crippen molar-refractivity contribution in [2.24, 2.45) is 0 Å². The summed E-state index contributed by atoms with van der Waals surface area (Å²) in [5.74, 6) is 0. The third-order valence-corrected chi connectivity index (χ3v) is 5.03. The highest BCUT2D eigenvalue weighted by atomic mass is 31.1. The normalized spacial score (nSPS) is 12.5. The van der Waals surface area contributed by atoms with Crippen LogP contribution in [-0.2, 0) is 10.8 Å². The molecule has 21 heavy (non-hydrogen) atoms. The molecule has 0 fully saturated rings. The van der Waals surface area contributed by atoms with Crippen molar-refractivity contribution in [3.63, 3.8) is 0 Å². The monoisotopic (exact) mass is 298 g/mol. The molecule has 0 radical (unpaired) electrons. The van der Waals surface area contributed by atoms with Gasteiger partial charge in [0.15, 0.2) is 0 Å². The molecule has 0 N–H and O–H groups in total. The van der Waals surface area contributed by atoms with Gasteiger partial charge < -0.3 is 0 Å². The summed E-state index contributed by atoms with van der Waals surface area (Å²) >= 11 is 0. The van der Waals surface area contributed by atoms with E-state index >= 15 is 0 Å². The van der Waals surface area contributed by atoms with Gasteiger partial charge in [-0.15, -0.1) is 0 Å². The molecule has 0 spiro atoms. The molecule has 0 saturated heterocycles. The fourth-order valence-electron chi connectivity index (χ4n) is 2.27. The topological polar surface area (TPSA) is 0 Å². The molecule has 0 unspecified atom stereocenters. The van der Waals surface area contributed by atoms with Crippen LogP contribution in [0.25, 0.3) is 0 Å². The molecular formula is C20H27P. The molecule has 0 saturated carbocycles. The Bertz CT molecular complexity index is 522. The molecule has 2 aromatic carbocycles. The lowest BCUT2D eigenvalue weighted by atomic mass is 9.87. The van der Waals surface area contributed by atoms with Crippen LogP contribution in [0, 0.1) is 0 Å². The summed E-state index contributed by atoms with van der Waals surface area (Å²) in [4.78, 5) is 0. The smallest absolute Gasteiger partial charge is 0.0132 e. The number of benzene rings is 2. The van der Waals surface area contributed by atoms with Crippen molar-refractivity contribution < 1.29 is 0 Å². The van der Waals surface area contributed by atoms with Gasteiger partial charge in [-0.2, -0.15) is 0 Å². The van der Waals surface area contributed by atoms with Crippen LogP contribution in [0.3, 0.4) is 0 Å². The molecule has 0 bridgehead atoms. The molecule has 0 aliphatic carbocycles. The molecule has 0 nitrogen and oxygen atoms in total. The van der Waals surface area contributed by atoms with Gasteiger partial charge in [0.1, 0.15) is 0 Å². The van der Waals surface area contributed by atoms with Crippen LogP contribution in [0.2, 0.25) is 0 Å². The summed E-state index contributed by atoms with van der Waals surface area (Å²) in [5.41, 5.74) is 3.27. The Labute approximate surface area is 131 Å². The van der Waals surface area contributed by atoms with E-state index in [-0.39, 0.29) is 10.8 Å². The maximum atomic E-state index is 2.27. The van der Waals surface area contributed by atoms with Crippen molar-refractivity contribution in [3.05, 3.63) is 59.7 Å². The molecule has 112 valence electrons. The zero-order valence-electron chi connectivity index (χ0n) is 14.1. The molecule has 0 heterocycles. The highest BCUT2D eigenvalue weighted by Crippen LogP contribution is 2.24. The third kappa shape index (κ3) is 4.42. The summed E-state index contributed by atoms with van der Waals surface area (Å²) in [5, 5.41) is 2.82. The van der Waals surface area contributed by atoms with Crippen LogP contribution in [0.1, 0.15) is 52.7 Å². The van der Waals surface area contributed by atoms with Crippen molar-refractivity contribution in [2.45, 2.75) is 52.4 Å². The Morgan fingerprint density at radius 2 is 0.810 bits per heavy atom. The van der Waals surface area contributed by atoms with Crippen molar-refractivity contribution in [1.82, 2.24) is 0 Å². The second-order valence-electron chi connectivity index (χ2n) is 7.78. The van der Waals surface area contributed by atoms with Gasteiger partial charge in [0, 0.05) is 0 Å². The lowest BCUT2D eigenvalue weighted by molar-refractivity contribution is 0.590. The van der Waals surface area contributed by atoms with Crippen molar-refractivity contribution >= 4 is 19.2 Å². The van der Waals surface area contributed by atoms with Crippen LogP contribution in [-0.4, -0.2) is 0 Å². The van der Waals surface area contributed by atoms with Gasteiger partial charge in [0.05, 0.1) is 0 Å². The summed E-state index contributed by atoms with van der Waals surface area (Å²) in [6.45, 7) is 13.6. The van der Waals surface area contributed by atoms with Gasteiger partial charge in [-0.25, -0.2) is 0 Å². The van der Waals surface area contributed by atoms with E-state index in [2.05, 4.69) is 90.1 Å². The van der Waals surface area contributed by atoms with Gasteiger partial charge in [-0.3, -0.25) is 0 Å². The van der Waals surface area contributed by atoms with Gasteiger partial charge in [0.25, 0.3) is 0 Å². The largest absolute Gasteiger partial charge is 0.0591 e. The first kappa shape index (κ1) is 16.2. The van der Waals surface area contributed by atoms with Crippen LogP contribution >= 0.6 is 8.58 Å². The third-order valence-electron chi connectivity index (χ3n) is 3.79. The Balaban J connectivity index is 2.12. The van der Waals surface area contributed by atoms with Gasteiger partial charge in [-0.05, 0) is 32.6 Å². The van der Waals surface area contributed by atoms with E-state index in [1.165, 1.54) is 21.7 Å². The minimum absolute atomic E-state index is 0.232. The average Bonchev–Trinajstić information content (AvgIpc) is 2.38. The van der Waals surface area contributed by atoms with E-state index in [0.717, 1.165) is 8.58 Å². The minimum atomic E-state index is 0.232. The molecule has 0 amide bonds. The maximum Gasteiger partial charge on any atom is -0.0132 e. The van der Waals surface area contributed by atoms with E-state index < -0.39 is 0 Å². The maximum absolute atomic E-state index is 2.27. The Morgan fingerprint density at radius 1 is 0.524 bits per heavy atom. The second kappa shape index (κ2) is 5.93. The van der Waals surface area contributed by atoms with Crippen LogP contribution in [0.15, 0.2) is 48.5 Å². The second-order valence-corrected chi connectivity index (χ2v) is 9.18. The van der Waals surface area contributed by atoms with Gasteiger partial charge >= 0.3 is 0 Å². The van der Waals surface area contributed by atoms with Crippen molar-refractivity contribution in [1.29, 1.82) is 0 Å². The fourth-order valence-corrected chi connectivity index (χ4v) is 3.27. The first-order chi connectivity index (χ1) is 9.66. The first-order valence-corrected chi connectivity index (χ1v) is 8.64. The number of hydrogen-bond donors (Lipinski definition) is 0. The lowest BCUT2D eigenvalue weighted by Crippen LogP contribution is -2.13. The molecule has 2 aromatic rings. The summed E-state index contributed by atoms with van der Waals surface area (Å²) < 4.78 is 0. The number of rotatable bonds is 2. The Morgan fingerprint density at radius 3 is 1.05 bits per heavy atom. The molecule has 0 aromatic heterocycles. The van der Waals surface area contributed by atoms with Crippen LogP contribution in [0.5, 0.6) is 0 Å². The lowest BCUT2D eigenvalue weighted by Gasteiger charge is -2.20. The van der Waals surface area contributed by atoms with Gasteiger partial charge in [-0.1, -0.05) is 98.7 Å².